The van der Waals surface area contributed by atoms with E-state index in [-0.39, 0.29) is 6.04 Å². The quantitative estimate of drug-likeness (QED) is 0.737. The fourth-order valence-electron chi connectivity index (χ4n) is 1.25. The lowest BCUT2D eigenvalue weighted by atomic mass is 10.2. The summed E-state index contributed by atoms with van der Waals surface area (Å²) in [5.41, 5.74) is -0.502. The van der Waals surface area contributed by atoms with Crippen LogP contribution in [0.15, 0.2) is 0 Å². The maximum absolute atomic E-state index is 11.5. The second kappa shape index (κ2) is 6.70. The van der Waals surface area contributed by atoms with Gasteiger partial charge < -0.3 is 19.5 Å². The fourth-order valence-corrected chi connectivity index (χ4v) is 1.25. The number of hydrogen-bond acceptors (Lipinski definition) is 4. The Morgan fingerprint density at radius 2 is 1.75 bits per heavy atom. The molecule has 0 fully saturated rings. The number of amides is 1. The van der Waals surface area contributed by atoms with E-state index < -0.39 is 18.0 Å². The molecule has 1 atom stereocenters. The van der Waals surface area contributed by atoms with Gasteiger partial charge in [-0.25, -0.2) is 4.79 Å². The number of hydrogen-bond donors (Lipinski definition) is 1. The Morgan fingerprint density at radius 1 is 1.25 bits per heavy atom. The van der Waals surface area contributed by atoms with Gasteiger partial charge in [0, 0.05) is 14.2 Å². The van der Waals surface area contributed by atoms with E-state index in [0.29, 0.717) is 6.42 Å². The van der Waals surface area contributed by atoms with E-state index in [0.717, 1.165) is 0 Å². The number of methoxy groups -OCH3 is 2. The van der Waals surface area contributed by atoms with Crippen LogP contribution in [0.25, 0.3) is 0 Å². The van der Waals surface area contributed by atoms with Crippen molar-refractivity contribution in [2.75, 3.05) is 14.2 Å². The van der Waals surface area contributed by atoms with Crippen LogP contribution >= 0.6 is 0 Å². The minimum atomic E-state index is -0.502. The van der Waals surface area contributed by atoms with Gasteiger partial charge in [0.2, 0.25) is 0 Å². The first-order valence-electron chi connectivity index (χ1n) is 5.39. The van der Waals surface area contributed by atoms with Gasteiger partial charge in [-0.05, 0) is 27.2 Å². The monoisotopic (exact) mass is 233 g/mol. The Balaban J connectivity index is 4.26. The molecule has 1 unspecified atom stereocenters. The first kappa shape index (κ1) is 15.2. The highest BCUT2D eigenvalue weighted by atomic mass is 16.7. The lowest BCUT2D eigenvalue weighted by molar-refractivity contribution is -0.123. The van der Waals surface area contributed by atoms with E-state index >= 15 is 0 Å². The summed E-state index contributed by atoms with van der Waals surface area (Å²) in [6.45, 7) is 7.39. The molecule has 0 radical (unpaired) electrons. The van der Waals surface area contributed by atoms with Gasteiger partial charge in [-0.3, -0.25) is 0 Å². The first-order valence-corrected chi connectivity index (χ1v) is 5.39. The van der Waals surface area contributed by atoms with E-state index in [2.05, 4.69) is 5.32 Å². The van der Waals surface area contributed by atoms with Crippen molar-refractivity contribution < 1.29 is 19.0 Å². The zero-order valence-electron chi connectivity index (χ0n) is 11.0. The molecule has 0 spiro atoms. The third-order valence-corrected chi connectivity index (χ3v) is 1.94. The zero-order chi connectivity index (χ0) is 12.8. The van der Waals surface area contributed by atoms with Gasteiger partial charge in [0.05, 0.1) is 6.04 Å². The smallest absolute Gasteiger partial charge is 0.408 e. The first-order chi connectivity index (χ1) is 7.34. The van der Waals surface area contributed by atoms with Crippen LogP contribution in [0.5, 0.6) is 0 Å². The van der Waals surface area contributed by atoms with Gasteiger partial charge >= 0.3 is 6.09 Å². The van der Waals surface area contributed by atoms with Crippen molar-refractivity contribution in [3.8, 4) is 0 Å². The molecule has 96 valence electrons. The largest absolute Gasteiger partial charge is 0.444 e. The van der Waals surface area contributed by atoms with Crippen molar-refractivity contribution in [1.82, 2.24) is 5.32 Å². The molecule has 0 aromatic rings. The number of rotatable bonds is 5. The Morgan fingerprint density at radius 3 is 2.06 bits per heavy atom. The number of carbonyl (C=O) groups is 1. The van der Waals surface area contributed by atoms with Crippen LogP contribution in [0.1, 0.15) is 34.1 Å². The van der Waals surface area contributed by atoms with E-state index in [1.807, 2.05) is 27.7 Å². The van der Waals surface area contributed by atoms with E-state index in [4.69, 9.17) is 14.2 Å². The average Bonchev–Trinajstić information content (AvgIpc) is 2.15. The lowest BCUT2D eigenvalue weighted by Crippen LogP contribution is -2.46. The molecule has 5 heteroatoms. The van der Waals surface area contributed by atoms with Crippen molar-refractivity contribution in [1.29, 1.82) is 0 Å². The zero-order valence-corrected chi connectivity index (χ0v) is 11.0. The SMILES string of the molecule is CCC(NC(=O)OC(C)(C)C)C(OC)OC. The Labute approximate surface area is 97.4 Å². The lowest BCUT2D eigenvalue weighted by Gasteiger charge is -2.26. The van der Waals surface area contributed by atoms with E-state index in [1.165, 1.54) is 14.2 Å². The summed E-state index contributed by atoms with van der Waals surface area (Å²) >= 11 is 0. The highest BCUT2D eigenvalue weighted by Gasteiger charge is 2.24. The molecule has 0 bridgehead atoms. The molecule has 0 rings (SSSR count). The molecule has 1 amide bonds. The molecule has 5 nitrogen and oxygen atoms in total. The molecule has 0 saturated heterocycles. The maximum Gasteiger partial charge on any atom is 0.408 e. The Hall–Kier alpha value is -0.810. The van der Waals surface area contributed by atoms with Gasteiger partial charge in [0.1, 0.15) is 5.60 Å². The number of carbonyl (C=O) groups excluding carboxylic acids is 1. The predicted octanol–water partition coefficient (Wildman–Crippen LogP) is 1.91. The molecule has 16 heavy (non-hydrogen) atoms. The summed E-state index contributed by atoms with van der Waals surface area (Å²) < 4.78 is 15.3. The van der Waals surface area contributed by atoms with Gasteiger partial charge in [-0.1, -0.05) is 6.92 Å². The normalized spacial score (nSPS) is 13.7. The summed E-state index contributed by atoms with van der Waals surface area (Å²) in [4.78, 5) is 11.5. The highest BCUT2D eigenvalue weighted by Crippen LogP contribution is 2.09. The fraction of sp³-hybridized carbons (Fsp3) is 0.909. The molecule has 1 N–H and O–H groups in total. The van der Waals surface area contributed by atoms with Crippen LogP contribution in [-0.2, 0) is 14.2 Å². The van der Waals surface area contributed by atoms with Crippen LogP contribution in [-0.4, -0.2) is 38.2 Å². The second-order valence-electron chi connectivity index (χ2n) is 4.50. The Bertz CT molecular complexity index is 209. The topological polar surface area (TPSA) is 56.8 Å². The molecular weight excluding hydrogens is 210 g/mol. The summed E-state index contributed by atoms with van der Waals surface area (Å²) in [6.07, 6.45) is -0.220. The standard InChI is InChI=1S/C11H23NO4/c1-7-8(9(14-5)15-6)12-10(13)16-11(2,3)4/h8-9H,7H2,1-6H3,(H,12,13). The van der Waals surface area contributed by atoms with Gasteiger partial charge in [0.25, 0.3) is 0 Å². The molecule has 0 aromatic heterocycles. The summed E-state index contributed by atoms with van der Waals surface area (Å²) in [5.74, 6) is 0. The van der Waals surface area contributed by atoms with Crippen molar-refractivity contribution in [3.63, 3.8) is 0 Å². The van der Waals surface area contributed by atoms with Crippen LogP contribution in [0.3, 0.4) is 0 Å². The highest BCUT2D eigenvalue weighted by molar-refractivity contribution is 5.68. The molecule has 0 heterocycles. The van der Waals surface area contributed by atoms with Crippen LogP contribution in [0, 0.1) is 0 Å². The molecule has 0 aliphatic heterocycles. The minimum absolute atomic E-state index is 0.218. The number of ether oxygens (including phenoxy) is 3. The molecule has 0 aliphatic rings. The van der Waals surface area contributed by atoms with Crippen LogP contribution in [0.4, 0.5) is 4.79 Å². The van der Waals surface area contributed by atoms with Crippen molar-refractivity contribution in [2.45, 2.75) is 52.0 Å². The van der Waals surface area contributed by atoms with Crippen molar-refractivity contribution in [2.24, 2.45) is 0 Å². The van der Waals surface area contributed by atoms with Crippen LogP contribution < -0.4 is 5.32 Å². The third kappa shape index (κ3) is 5.92. The number of alkyl carbamates (subject to hydrolysis) is 1. The molecule has 0 aromatic carbocycles. The summed E-state index contributed by atoms with van der Waals surface area (Å²) in [7, 11) is 3.07. The van der Waals surface area contributed by atoms with E-state index in [1.54, 1.807) is 0 Å². The average molecular weight is 233 g/mol. The van der Waals surface area contributed by atoms with Gasteiger partial charge in [0.15, 0.2) is 6.29 Å². The van der Waals surface area contributed by atoms with Crippen LogP contribution in [0.2, 0.25) is 0 Å². The van der Waals surface area contributed by atoms with Crippen molar-refractivity contribution in [3.05, 3.63) is 0 Å². The minimum Gasteiger partial charge on any atom is -0.444 e. The Kier molecular flexibility index (Phi) is 6.36. The summed E-state index contributed by atoms with van der Waals surface area (Å²) in [5, 5.41) is 2.71. The maximum atomic E-state index is 11.5. The van der Waals surface area contributed by atoms with Gasteiger partial charge in [-0.2, -0.15) is 0 Å². The summed E-state index contributed by atoms with van der Waals surface area (Å²) in [6, 6.07) is -0.218. The van der Waals surface area contributed by atoms with Gasteiger partial charge in [-0.15, -0.1) is 0 Å². The molecule has 0 aliphatic carbocycles. The molecule has 0 saturated carbocycles. The third-order valence-electron chi connectivity index (χ3n) is 1.94. The number of nitrogens with one attached hydrogen (secondary N) is 1. The van der Waals surface area contributed by atoms with Crippen molar-refractivity contribution >= 4 is 6.09 Å². The predicted molar refractivity (Wildman–Crippen MR) is 61.3 cm³/mol. The molecular formula is C11H23NO4. The second-order valence-corrected chi connectivity index (χ2v) is 4.50. The van der Waals surface area contributed by atoms with E-state index in [9.17, 15) is 4.79 Å².